The minimum absolute atomic E-state index is 0.279. The van der Waals surface area contributed by atoms with Crippen LogP contribution in [0.25, 0.3) is 20.5 Å². The highest BCUT2D eigenvalue weighted by atomic mass is 35.5. The van der Waals surface area contributed by atoms with Gasteiger partial charge in [0.15, 0.2) is 9.58 Å². The van der Waals surface area contributed by atoms with Crippen LogP contribution in [0.1, 0.15) is 0 Å². The van der Waals surface area contributed by atoms with Crippen molar-refractivity contribution >= 4 is 32.2 Å². The molecule has 0 saturated heterocycles. The molecule has 0 saturated carbocycles. The van der Waals surface area contributed by atoms with E-state index in [1.54, 1.807) is 54.6 Å². The lowest BCUT2D eigenvalue weighted by atomic mass is 10.1. The number of hydrogen-bond donors (Lipinski definition) is 0. The summed E-state index contributed by atoms with van der Waals surface area (Å²) in [6.45, 7) is 0. The fourth-order valence-corrected chi connectivity index (χ4v) is 4.31. The number of alkyl halides is 3. The average Bonchev–Trinajstić information content (AvgIpc) is 2.77. The summed E-state index contributed by atoms with van der Waals surface area (Å²) in [5.41, 5.74) is -3.77. The largest absolute Gasteiger partial charge is 0.601 e. The molecule has 0 fully saturated rings. The fourth-order valence-electron chi connectivity index (χ4n) is 2.20. The van der Waals surface area contributed by atoms with Crippen LogP contribution in [0.15, 0.2) is 54.6 Å². The molecule has 3 rings (SSSR count). The summed E-state index contributed by atoms with van der Waals surface area (Å²) in [5, 5.41) is 1.06. The first-order valence-corrected chi connectivity index (χ1v) is 7.45. The molecule has 0 bridgehead atoms. The van der Waals surface area contributed by atoms with Crippen molar-refractivity contribution in [1.82, 2.24) is 0 Å². The van der Waals surface area contributed by atoms with Crippen LogP contribution in [-0.4, -0.2) is 0 Å². The van der Waals surface area contributed by atoms with E-state index < -0.39 is 16.0 Å². The van der Waals surface area contributed by atoms with Crippen LogP contribution in [0.3, 0.4) is 0 Å². The van der Waals surface area contributed by atoms with Crippen molar-refractivity contribution in [2.75, 3.05) is 0 Å². The SMILES string of the molecule is FC(F)(F)[s+]1c(-c2cccc(Cl)c2)cc2ccccc21. The van der Waals surface area contributed by atoms with E-state index in [9.17, 15) is 13.2 Å². The van der Waals surface area contributed by atoms with Crippen LogP contribution < -0.4 is 0 Å². The van der Waals surface area contributed by atoms with Crippen molar-refractivity contribution in [1.29, 1.82) is 0 Å². The van der Waals surface area contributed by atoms with E-state index in [1.807, 2.05) is 0 Å². The summed E-state index contributed by atoms with van der Waals surface area (Å²) in [5.74, 6) is 0. The highest BCUT2D eigenvalue weighted by Crippen LogP contribution is 2.54. The molecule has 20 heavy (non-hydrogen) atoms. The molecular weight excluding hydrogens is 305 g/mol. The number of thiophene rings is 1. The molecule has 102 valence electrons. The van der Waals surface area contributed by atoms with Gasteiger partial charge in [0, 0.05) is 22.0 Å². The van der Waals surface area contributed by atoms with Gasteiger partial charge in [-0.15, -0.1) is 13.2 Å². The molecule has 0 spiro atoms. The maximum absolute atomic E-state index is 13.4. The Labute approximate surface area is 121 Å². The third kappa shape index (κ3) is 2.30. The van der Waals surface area contributed by atoms with Gasteiger partial charge in [0.2, 0.25) is 0 Å². The van der Waals surface area contributed by atoms with E-state index in [0.717, 1.165) is 0 Å². The molecule has 0 nitrogen and oxygen atoms in total. The van der Waals surface area contributed by atoms with Crippen molar-refractivity contribution in [3.63, 3.8) is 0 Å². The van der Waals surface area contributed by atoms with E-state index in [0.29, 0.717) is 20.7 Å². The minimum atomic E-state index is -4.29. The monoisotopic (exact) mass is 313 g/mol. The second-order valence-electron chi connectivity index (χ2n) is 4.31. The van der Waals surface area contributed by atoms with E-state index in [-0.39, 0.29) is 4.88 Å². The zero-order valence-corrected chi connectivity index (χ0v) is 11.7. The van der Waals surface area contributed by atoms with Crippen molar-refractivity contribution in [2.24, 2.45) is 0 Å². The van der Waals surface area contributed by atoms with E-state index >= 15 is 0 Å². The molecule has 0 aliphatic rings. The van der Waals surface area contributed by atoms with Gasteiger partial charge >= 0.3 is 5.51 Å². The average molecular weight is 314 g/mol. The van der Waals surface area contributed by atoms with E-state index in [2.05, 4.69) is 0 Å². The molecule has 3 aromatic rings. The molecule has 1 unspecified atom stereocenters. The van der Waals surface area contributed by atoms with Crippen molar-refractivity contribution in [3.8, 4) is 10.4 Å². The lowest BCUT2D eigenvalue weighted by Crippen LogP contribution is -1.96. The molecule has 0 N–H and O–H groups in total. The second kappa shape index (κ2) is 4.79. The quantitative estimate of drug-likeness (QED) is 0.457. The van der Waals surface area contributed by atoms with Crippen LogP contribution in [-0.2, 0) is 5.51 Å². The maximum Gasteiger partial charge on any atom is 0.601 e. The first-order chi connectivity index (χ1) is 9.47. The smallest absolute Gasteiger partial charge is 0.118 e. The van der Waals surface area contributed by atoms with Crippen LogP contribution in [0, 0.1) is 0 Å². The third-order valence-corrected chi connectivity index (χ3v) is 5.29. The Morgan fingerprint density at radius 3 is 2.35 bits per heavy atom. The second-order valence-corrected chi connectivity index (χ2v) is 6.70. The number of fused-ring (bicyclic) bond motifs is 1. The van der Waals surface area contributed by atoms with Gasteiger partial charge in [-0.2, -0.15) is 0 Å². The summed E-state index contributed by atoms with van der Waals surface area (Å²) in [6, 6.07) is 14.8. The molecule has 5 heteroatoms. The van der Waals surface area contributed by atoms with E-state index in [1.165, 1.54) is 0 Å². The Balaban J connectivity index is 2.35. The van der Waals surface area contributed by atoms with Gasteiger partial charge in [0.1, 0.15) is 10.5 Å². The predicted molar refractivity (Wildman–Crippen MR) is 78.2 cm³/mol. The summed E-state index contributed by atoms with van der Waals surface area (Å²) < 4.78 is 40.6. The van der Waals surface area contributed by atoms with Crippen LogP contribution in [0.4, 0.5) is 13.2 Å². The molecule has 1 heterocycles. The predicted octanol–water partition coefficient (Wildman–Crippen LogP) is 6.39. The topological polar surface area (TPSA) is 0 Å². The maximum atomic E-state index is 13.4. The summed E-state index contributed by atoms with van der Waals surface area (Å²) in [7, 11) is -1.91. The summed E-state index contributed by atoms with van der Waals surface area (Å²) in [4.78, 5) is 0.279. The van der Waals surface area contributed by atoms with Gasteiger partial charge in [0.05, 0.1) is 0 Å². The highest BCUT2D eigenvalue weighted by Gasteiger charge is 2.48. The lowest BCUT2D eigenvalue weighted by molar-refractivity contribution is -0.0864. The minimum Gasteiger partial charge on any atom is -0.118 e. The Bertz CT molecular complexity index is 774. The van der Waals surface area contributed by atoms with Gasteiger partial charge in [-0.1, -0.05) is 29.8 Å². The zero-order chi connectivity index (χ0) is 14.3. The molecule has 1 aromatic heterocycles. The standard InChI is InChI=1S/C15H9ClF3S/c16-12-6-3-5-10(8-12)14-9-11-4-1-2-7-13(11)20(14)15(17,18)19/h1-9H/q+1. The number of benzene rings is 2. The molecule has 0 aliphatic carbocycles. The van der Waals surface area contributed by atoms with Gasteiger partial charge in [-0.25, -0.2) is 0 Å². The first kappa shape index (κ1) is 13.5. The number of rotatable bonds is 1. The molecular formula is C15H9ClF3S+. The Morgan fingerprint density at radius 1 is 0.900 bits per heavy atom. The Morgan fingerprint density at radius 2 is 1.65 bits per heavy atom. The molecule has 0 aliphatic heterocycles. The van der Waals surface area contributed by atoms with E-state index in [4.69, 9.17) is 11.6 Å². The molecule has 0 radical (unpaired) electrons. The first-order valence-electron chi connectivity index (χ1n) is 5.84. The fraction of sp³-hybridized carbons (Fsp3) is 0.0667. The lowest BCUT2D eigenvalue weighted by Gasteiger charge is -2.01. The van der Waals surface area contributed by atoms with Gasteiger partial charge in [-0.3, -0.25) is 0 Å². The van der Waals surface area contributed by atoms with Gasteiger partial charge < -0.3 is 0 Å². The summed E-state index contributed by atoms with van der Waals surface area (Å²) >= 11 is 5.89. The highest BCUT2D eigenvalue weighted by molar-refractivity contribution is 7.41. The van der Waals surface area contributed by atoms with Crippen molar-refractivity contribution in [3.05, 3.63) is 59.6 Å². The molecule has 1 atom stereocenters. The molecule has 2 aromatic carbocycles. The third-order valence-electron chi connectivity index (χ3n) is 2.99. The number of halogens is 4. The van der Waals surface area contributed by atoms with Gasteiger partial charge in [-0.05, 0) is 30.3 Å². The molecule has 0 amide bonds. The number of hydrogen-bond acceptors (Lipinski definition) is 0. The summed E-state index contributed by atoms with van der Waals surface area (Å²) in [6.07, 6.45) is 0. The van der Waals surface area contributed by atoms with Crippen molar-refractivity contribution in [2.45, 2.75) is 5.51 Å². The normalized spacial score (nSPS) is 12.9. The van der Waals surface area contributed by atoms with Crippen LogP contribution in [0.5, 0.6) is 0 Å². The van der Waals surface area contributed by atoms with Crippen LogP contribution in [0.2, 0.25) is 5.02 Å². The Hall–Kier alpha value is -1.52. The van der Waals surface area contributed by atoms with Crippen LogP contribution >= 0.6 is 22.1 Å². The van der Waals surface area contributed by atoms with Crippen molar-refractivity contribution < 1.29 is 13.2 Å². The zero-order valence-electron chi connectivity index (χ0n) is 10.1. The van der Waals surface area contributed by atoms with Gasteiger partial charge in [0.25, 0.3) is 0 Å². The Kier molecular flexibility index (Phi) is 3.22.